The Balaban J connectivity index is 1.64. The van der Waals surface area contributed by atoms with Gasteiger partial charge < -0.3 is 4.90 Å². The highest BCUT2D eigenvalue weighted by Crippen LogP contribution is 2.29. The molecule has 1 aromatic carbocycles. The van der Waals surface area contributed by atoms with E-state index in [9.17, 15) is 0 Å². The molecule has 0 unspecified atom stereocenters. The van der Waals surface area contributed by atoms with E-state index in [1.54, 1.807) is 6.07 Å². The first kappa shape index (κ1) is 13.4. The van der Waals surface area contributed by atoms with Crippen molar-refractivity contribution in [2.24, 2.45) is 0 Å². The molecule has 2 heterocycles. The summed E-state index contributed by atoms with van der Waals surface area (Å²) in [5, 5.41) is 8.52. The topological polar surface area (TPSA) is 29.0 Å². The van der Waals surface area contributed by atoms with Gasteiger partial charge in [-0.15, -0.1) is 10.2 Å². The van der Waals surface area contributed by atoms with Crippen LogP contribution in [0.5, 0.6) is 0 Å². The van der Waals surface area contributed by atoms with Crippen LogP contribution in [0.4, 0.5) is 5.82 Å². The fraction of sp³-hybridized carbons (Fsp3) is 0.375. The van der Waals surface area contributed by atoms with Gasteiger partial charge in [0.25, 0.3) is 0 Å². The summed E-state index contributed by atoms with van der Waals surface area (Å²) >= 11 is 5.77. The number of halogens is 1. The maximum Gasteiger partial charge on any atom is 0.151 e. The summed E-state index contributed by atoms with van der Waals surface area (Å²) in [6.45, 7) is 4.18. The van der Waals surface area contributed by atoms with Gasteiger partial charge in [-0.25, -0.2) is 0 Å². The maximum absolute atomic E-state index is 5.77. The summed E-state index contributed by atoms with van der Waals surface area (Å²) < 4.78 is 0. The first-order chi connectivity index (χ1) is 9.72. The minimum atomic E-state index is 0.447. The van der Waals surface area contributed by atoms with Crippen LogP contribution in [0.1, 0.15) is 29.9 Å². The first-order valence-electron chi connectivity index (χ1n) is 7.03. The Morgan fingerprint density at radius 1 is 1.00 bits per heavy atom. The zero-order valence-electron chi connectivity index (χ0n) is 11.6. The number of anilines is 1. The summed E-state index contributed by atoms with van der Waals surface area (Å²) in [6.07, 6.45) is 2.32. The van der Waals surface area contributed by atoms with Crippen LogP contribution in [0.25, 0.3) is 0 Å². The van der Waals surface area contributed by atoms with Gasteiger partial charge in [-0.1, -0.05) is 41.4 Å². The summed E-state index contributed by atoms with van der Waals surface area (Å²) in [6, 6.07) is 12.7. The van der Waals surface area contributed by atoms with Crippen LogP contribution in [0, 0.1) is 6.92 Å². The molecule has 0 amide bonds. The molecule has 0 atom stereocenters. The van der Waals surface area contributed by atoms with Gasteiger partial charge in [0.15, 0.2) is 11.0 Å². The van der Waals surface area contributed by atoms with Crippen molar-refractivity contribution in [3.63, 3.8) is 0 Å². The van der Waals surface area contributed by atoms with Crippen molar-refractivity contribution in [3.05, 3.63) is 52.7 Å². The summed E-state index contributed by atoms with van der Waals surface area (Å²) in [5.74, 6) is 1.59. The molecule has 4 heteroatoms. The normalized spacial score (nSPS) is 16.4. The highest BCUT2D eigenvalue weighted by molar-refractivity contribution is 6.29. The minimum Gasteiger partial charge on any atom is -0.355 e. The Kier molecular flexibility index (Phi) is 3.88. The Hall–Kier alpha value is -1.61. The molecule has 0 spiro atoms. The molecule has 0 saturated carbocycles. The first-order valence-corrected chi connectivity index (χ1v) is 7.41. The molecule has 20 heavy (non-hydrogen) atoms. The SMILES string of the molecule is Cc1ccc(C2CCN(c3ccc(Cl)nn3)CC2)cc1. The standard InChI is InChI=1S/C16H18ClN3/c1-12-2-4-13(5-3-12)14-8-10-20(11-9-14)16-7-6-15(17)18-19-16/h2-7,14H,8-11H2,1H3. The molecule has 3 rings (SSSR count). The van der Waals surface area contributed by atoms with Crippen LogP contribution in [0.3, 0.4) is 0 Å². The van der Waals surface area contributed by atoms with E-state index < -0.39 is 0 Å². The number of hydrogen-bond donors (Lipinski definition) is 0. The van der Waals surface area contributed by atoms with Gasteiger partial charge in [0.1, 0.15) is 0 Å². The molecule has 0 radical (unpaired) electrons. The fourth-order valence-electron chi connectivity index (χ4n) is 2.76. The van der Waals surface area contributed by atoms with Gasteiger partial charge in [0.05, 0.1) is 0 Å². The maximum atomic E-state index is 5.77. The highest BCUT2D eigenvalue weighted by atomic mass is 35.5. The van der Waals surface area contributed by atoms with Gasteiger partial charge in [-0.2, -0.15) is 0 Å². The van der Waals surface area contributed by atoms with E-state index in [4.69, 9.17) is 11.6 Å². The summed E-state index contributed by atoms with van der Waals surface area (Å²) in [4.78, 5) is 2.29. The lowest BCUT2D eigenvalue weighted by atomic mass is 9.89. The molecule has 1 aromatic heterocycles. The summed E-state index contributed by atoms with van der Waals surface area (Å²) in [5.41, 5.74) is 2.78. The molecule has 104 valence electrons. The zero-order chi connectivity index (χ0) is 13.9. The van der Waals surface area contributed by atoms with Crippen LogP contribution in [0.2, 0.25) is 5.15 Å². The number of aromatic nitrogens is 2. The highest BCUT2D eigenvalue weighted by Gasteiger charge is 2.21. The average Bonchev–Trinajstić information content (AvgIpc) is 2.49. The van der Waals surface area contributed by atoms with Crippen molar-refractivity contribution in [3.8, 4) is 0 Å². The molecular formula is C16H18ClN3. The van der Waals surface area contributed by atoms with E-state index in [0.29, 0.717) is 11.1 Å². The van der Waals surface area contributed by atoms with Gasteiger partial charge in [0.2, 0.25) is 0 Å². The number of nitrogens with zero attached hydrogens (tertiary/aromatic N) is 3. The van der Waals surface area contributed by atoms with E-state index in [1.165, 1.54) is 11.1 Å². The lowest BCUT2D eigenvalue weighted by Crippen LogP contribution is -2.33. The average molecular weight is 288 g/mol. The van der Waals surface area contributed by atoms with E-state index in [0.717, 1.165) is 31.7 Å². The zero-order valence-corrected chi connectivity index (χ0v) is 12.3. The molecule has 1 aliphatic heterocycles. The van der Waals surface area contributed by atoms with Crippen LogP contribution >= 0.6 is 11.6 Å². The smallest absolute Gasteiger partial charge is 0.151 e. The molecule has 0 N–H and O–H groups in total. The Morgan fingerprint density at radius 3 is 2.30 bits per heavy atom. The number of hydrogen-bond acceptors (Lipinski definition) is 3. The van der Waals surface area contributed by atoms with Crippen molar-refractivity contribution in [2.45, 2.75) is 25.7 Å². The number of piperidine rings is 1. The van der Waals surface area contributed by atoms with Gasteiger partial charge >= 0.3 is 0 Å². The molecule has 0 bridgehead atoms. The van der Waals surface area contributed by atoms with Crippen molar-refractivity contribution in [2.75, 3.05) is 18.0 Å². The Bertz CT molecular complexity index is 504. The predicted octanol–water partition coefficient (Wildman–Crippen LogP) is 3.82. The number of benzene rings is 1. The van der Waals surface area contributed by atoms with E-state index >= 15 is 0 Å². The third kappa shape index (κ3) is 2.93. The van der Waals surface area contributed by atoms with E-state index in [2.05, 4.69) is 46.3 Å². The third-order valence-electron chi connectivity index (χ3n) is 3.99. The lowest BCUT2D eigenvalue weighted by molar-refractivity contribution is 0.501. The predicted molar refractivity (Wildman–Crippen MR) is 82.4 cm³/mol. The largest absolute Gasteiger partial charge is 0.355 e. The lowest BCUT2D eigenvalue weighted by Gasteiger charge is -2.32. The third-order valence-corrected chi connectivity index (χ3v) is 4.19. The van der Waals surface area contributed by atoms with Gasteiger partial charge in [-0.3, -0.25) is 0 Å². The van der Waals surface area contributed by atoms with Crippen molar-refractivity contribution >= 4 is 17.4 Å². The number of rotatable bonds is 2. The Labute approximate surface area is 124 Å². The number of aryl methyl sites for hydroxylation is 1. The van der Waals surface area contributed by atoms with Gasteiger partial charge in [0, 0.05) is 13.1 Å². The van der Waals surface area contributed by atoms with Crippen molar-refractivity contribution in [1.82, 2.24) is 10.2 Å². The van der Waals surface area contributed by atoms with Crippen LogP contribution in [-0.4, -0.2) is 23.3 Å². The molecule has 3 nitrogen and oxygen atoms in total. The Morgan fingerprint density at radius 2 is 1.70 bits per heavy atom. The van der Waals surface area contributed by atoms with Crippen LogP contribution in [-0.2, 0) is 0 Å². The second-order valence-electron chi connectivity index (χ2n) is 5.39. The van der Waals surface area contributed by atoms with Crippen molar-refractivity contribution in [1.29, 1.82) is 0 Å². The van der Waals surface area contributed by atoms with Gasteiger partial charge in [-0.05, 0) is 43.4 Å². The molecule has 2 aromatic rings. The molecular weight excluding hydrogens is 270 g/mol. The molecule has 1 aliphatic rings. The molecule has 0 aliphatic carbocycles. The molecule has 1 fully saturated rings. The van der Waals surface area contributed by atoms with Crippen LogP contribution in [0.15, 0.2) is 36.4 Å². The second-order valence-corrected chi connectivity index (χ2v) is 5.77. The summed E-state index contributed by atoms with van der Waals surface area (Å²) in [7, 11) is 0. The molecule has 1 saturated heterocycles. The van der Waals surface area contributed by atoms with Crippen molar-refractivity contribution < 1.29 is 0 Å². The van der Waals surface area contributed by atoms with E-state index in [-0.39, 0.29) is 0 Å². The fourth-order valence-corrected chi connectivity index (χ4v) is 2.86. The monoisotopic (exact) mass is 287 g/mol. The van der Waals surface area contributed by atoms with E-state index in [1.807, 2.05) is 6.07 Å². The van der Waals surface area contributed by atoms with Crippen LogP contribution < -0.4 is 4.90 Å². The quantitative estimate of drug-likeness (QED) is 0.841. The minimum absolute atomic E-state index is 0.447. The second kappa shape index (κ2) is 5.80.